The van der Waals surface area contributed by atoms with Gasteiger partial charge in [0.2, 0.25) is 0 Å². The van der Waals surface area contributed by atoms with Gasteiger partial charge in [0.1, 0.15) is 0 Å². The lowest BCUT2D eigenvalue weighted by atomic mass is 10.1. The van der Waals surface area contributed by atoms with Crippen LogP contribution in [0.15, 0.2) is 52.8 Å². The van der Waals surface area contributed by atoms with Crippen molar-refractivity contribution in [3.05, 3.63) is 58.4 Å². The first-order valence-corrected chi connectivity index (χ1v) is 8.56. The van der Waals surface area contributed by atoms with Crippen molar-refractivity contribution < 1.29 is 9.84 Å². The van der Waals surface area contributed by atoms with E-state index in [0.29, 0.717) is 17.9 Å². The van der Waals surface area contributed by atoms with E-state index in [1.807, 2.05) is 49.6 Å². The molecule has 4 nitrogen and oxygen atoms in total. The third kappa shape index (κ3) is 3.63. The molecule has 0 atom stereocenters. The quantitative estimate of drug-likeness (QED) is 0.668. The summed E-state index contributed by atoms with van der Waals surface area (Å²) in [6.45, 7) is 4.38. The molecule has 0 aliphatic heterocycles. The first kappa shape index (κ1) is 16.2. The number of phenolic OH excluding ortho intramolecular Hbond substituents is 1. The maximum atomic E-state index is 10.2. The van der Waals surface area contributed by atoms with Crippen molar-refractivity contribution in [2.24, 2.45) is 4.99 Å². The highest BCUT2D eigenvalue weighted by molar-refractivity contribution is 7.09. The summed E-state index contributed by atoms with van der Waals surface area (Å²) in [5.74, 6) is 0.577. The van der Waals surface area contributed by atoms with Crippen LogP contribution in [0.4, 0.5) is 5.69 Å². The molecule has 0 spiro atoms. The molecule has 2 aromatic carbocycles. The molecule has 0 bridgehead atoms. The number of aliphatic imine (C=N–C) groups is 1. The van der Waals surface area contributed by atoms with E-state index in [1.165, 1.54) is 0 Å². The Morgan fingerprint density at radius 1 is 1.21 bits per heavy atom. The number of para-hydroxylation sites is 1. The number of aromatic nitrogens is 1. The Balaban J connectivity index is 1.79. The predicted octanol–water partition coefficient (Wildman–Crippen LogP) is 4.97. The normalized spacial score (nSPS) is 11.1. The minimum absolute atomic E-state index is 0.109. The van der Waals surface area contributed by atoms with E-state index in [9.17, 15) is 5.11 Å². The van der Waals surface area contributed by atoms with Crippen LogP contribution in [0.2, 0.25) is 0 Å². The van der Waals surface area contributed by atoms with Crippen molar-refractivity contribution in [2.45, 2.75) is 13.8 Å². The van der Waals surface area contributed by atoms with Crippen molar-refractivity contribution in [2.75, 3.05) is 6.61 Å². The zero-order valence-corrected chi connectivity index (χ0v) is 14.4. The molecule has 0 saturated carbocycles. The van der Waals surface area contributed by atoms with E-state index in [1.54, 1.807) is 29.7 Å². The van der Waals surface area contributed by atoms with Gasteiger partial charge >= 0.3 is 0 Å². The maximum absolute atomic E-state index is 10.2. The molecule has 1 aromatic heterocycles. The standard InChI is InChI=1S/C19H18N2O2S/c1-3-23-18-6-4-5-15(19(18)22)11-20-16-9-7-14(8-10-16)17-12-24-13(2)21-17/h4-12,22H,3H2,1-2H3. The van der Waals surface area contributed by atoms with Gasteiger partial charge in [0.25, 0.3) is 0 Å². The third-order valence-corrected chi connectivity index (χ3v) is 4.24. The van der Waals surface area contributed by atoms with Crippen LogP contribution in [0.5, 0.6) is 11.5 Å². The van der Waals surface area contributed by atoms with Crippen molar-refractivity contribution >= 4 is 23.2 Å². The van der Waals surface area contributed by atoms with Crippen LogP contribution >= 0.6 is 11.3 Å². The summed E-state index contributed by atoms with van der Waals surface area (Å²) in [5, 5.41) is 13.3. The van der Waals surface area contributed by atoms with Gasteiger partial charge in [-0.25, -0.2) is 4.98 Å². The molecule has 1 heterocycles. The molecular weight excluding hydrogens is 320 g/mol. The molecule has 3 rings (SSSR count). The molecule has 122 valence electrons. The molecule has 0 amide bonds. The van der Waals surface area contributed by atoms with Crippen molar-refractivity contribution in [1.82, 2.24) is 4.98 Å². The molecular formula is C19H18N2O2S. The van der Waals surface area contributed by atoms with Gasteiger partial charge in [-0.2, -0.15) is 0 Å². The molecule has 0 unspecified atom stereocenters. The van der Waals surface area contributed by atoms with Crippen LogP contribution in [0.25, 0.3) is 11.3 Å². The number of rotatable bonds is 5. The topological polar surface area (TPSA) is 54.7 Å². The Morgan fingerprint density at radius 2 is 2.00 bits per heavy atom. The monoisotopic (exact) mass is 338 g/mol. The smallest absolute Gasteiger partial charge is 0.166 e. The van der Waals surface area contributed by atoms with E-state index in [2.05, 4.69) is 9.98 Å². The zero-order chi connectivity index (χ0) is 16.9. The Morgan fingerprint density at radius 3 is 2.67 bits per heavy atom. The summed E-state index contributed by atoms with van der Waals surface area (Å²) >= 11 is 1.64. The van der Waals surface area contributed by atoms with Gasteiger partial charge in [0.15, 0.2) is 11.5 Å². The summed E-state index contributed by atoms with van der Waals surface area (Å²) < 4.78 is 5.38. The maximum Gasteiger partial charge on any atom is 0.166 e. The Bertz CT molecular complexity index is 854. The number of hydrogen-bond donors (Lipinski definition) is 1. The van der Waals surface area contributed by atoms with Gasteiger partial charge in [-0.05, 0) is 38.1 Å². The van der Waals surface area contributed by atoms with Crippen LogP contribution < -0.4 is 4.74 Å². The van der Waals surface area contributed by atoms with E-state index in [4.69, 9.17) is 4.74 Å². The molecule has 3 aromatic rings. The van der Waals surface area contributed by atoms with Gasteiger partial charge < -0.3 is 9.84 Å². The molecule has 0 radical (unpaired) electrons. The second-order valence-electron chi connectivity index (χ2n) is 5.18. The summed E-state index contributed by atoms with van der Waals surface area (Å²) in [4.78, 5) is 8.90. The van der Waals surface area contributed by atoms with Crippen molar-refractivity contribution in [3.63, 3.8) is 0 Å². The molecule has 1 N–H and O–H groups in total. The Kier molecular flexibility index (Phi) is 4.91. The highest BCUT2D eigenvalue weighted by Gasteiger charge is 2.06. The number of hydrogen-bond acceptors (Lipinski definition) is 5. The lowest BCUT2D eigenvalue weighted by Gasteiger charge is -2.07. The fraction of sp³-hybridized carbons (Fsp3) is 0.158. The highest BCUT2D eigenvalue weighted by atomic mass is 32.1. The molecule has 0 fully saturated rings. The van der Waals surface area contributed by atoms with E-state index in [0.717, 1.165) is 22.0 Å². The van der Waals surface area contributed by atoms with Crippen molar-refractivity contribution in [3.8, 4) is 22.8 Å². The second-order valence-corrected chi connectivity index (χ2v) is 6.25. The summed E-state index contributed by atoms with van der Waals surface area (Å²) in [7, 11) is 0. The minimum atomic E-state index is 0.109. The van der Waals surface area contributed by atoms with Gasteiger partial charge in [-0.15, -0.1) is 11.3 Å². The summed E-state index contributed by atoms with van der Waals surface area (Å²) in [6.07, 6.45) is 1.64. The SMILES string of the molecule is CCOc1cccc(C=Nc2ccc(-c3csc(C)n3)cc2)c1O. The van der Waals surface area contributed by atoms with Gasteiger partial charge in [0, 0.05) is 22.7 Å². The van der Waals surface area contributed by atoms with Crippen LogP contribution in [0.1, 0.15) is 17.5 Å². The lowest BCUT2D eigenvalue weighted by Crippen LogP contribution is -1.93. The number of ether oxygens (including phenoxy) is 1. The number of aryl methyl sites for hydroxylation is 1. The molecule has 24 heavy (non-hydrogen) atoms. The number of phenols is 1. The third-order valence-electron chi connectivity index (χ3n) is 3.46. The lowest BCUT2D eigenvalue weighted by molar-refractivity contribution is 0.318. The van der Waals surface area contributed by atoms with E-state index >= 15 is 0 Å². The first-order chi connectivity index (χ1) is 11.7. The van der Waals surface area contributed by atoms with Crippen molar-refractivity contribution in [1.29, 1.82) is 0 Å². The molecule has 5 heteroatoms. The second kappa shape index (κ2) is 7.27. The number of thiazole rings is 1. The van der Waals surface area contributed by atoms with Crippen LogP contribution in [0, 0.1) is 6.92 Å². The van der Waals surface area contributed by atoms with Gasteiger partial charge in [-0.3, -0.25) is 4.99 Å². The number of aromatic hydroxyl groups is 1. The summed E-state index contributed by atoms with van der Waals surface area (Å²) in [5.41, 5.74) is 3.49. The average molecular weight is 338 g/mol. The largest absolute Gasteiger partial charge is 0.504 e. The van der Waals surface area contributed by atoms with E-state index < -0.39 is 0 Å². The highest BCUT2D eigenvalue weighted by Crippen LogP contribution is 2.29. The van der Waals surface area contributed by atoms with Crippen LogP contribution in [0.3, 0.4) is 0 Å². The molecule has 0 aliphatic rings. The average Bonchev–Trinajstić information content (AvgIpc) is 3.03. The predicted molar refractivity (Wildman–Crippen MR) is 98.8 cm³/mol. The fourth-order valence-corrected chi connectivity index (χ4v) is 2.90. The minimum Gasteiger partial charge on any atom is -0.504 e. The van der Waals surface area contributed by atoms with Crippen LogP contribution in [-0.4, -0.2) is 22.9 Å². The van der Waals surface area contributed by atoms with E-state index in [-0.39, 0.29) is 5.75 Å². The first-order valence-electron chi connectivity index (χ1n) is 7.69. The molecule has 0 aliphatic carbocycles. The molecule has 0 saturated heterocycles. The Hall–Kier alpha value is -2.66. The van der Waals surface area contributed by atoms with Gasteiger partial charge in [0.05, 0.1) is 23.0 Å². The van der Waals surface area contributed by atoms with Gasteiger partial charge in [-0.1, -0.05) is 18.2 Å². The summed E-state index contributed by atoms with van der Waals surface area (Å²) in [6, 6.07) is 13.2. The van der Waals surface area contributed by atoms with Crippen LogP contribution in [-0.2, 0) is 0 Å². The fourth-order valence-electron chi connectivity index (χ4n) is 2.27. The zero-order valence-electron chi connectivity index (χ0n) is 13.6. The number of benzene rings is 2. The Labute approximate surface area is 145 Å². The number of nitrogens with zero attached hydrogens (tertiary/aromatic N) is 2.